The summed E-state index contributed by atoms with van der Waals surface area (Å²) in [6.07, 6.45) is 1.09. The Hall–Kier alpha value is -3.37. The van der Waals surface area contributed by atoms with Crippen LogP contribution in [0.3, 0.4) is 0 Å². The van der Waals surface area contributed by atoms with E-state index in [1.165, 1.54) is 24.3 Å². The third-order valence-electron chi connectivity index (χ3n) is 5.85. The van der Waals surface area contributed by atoms with Gasteiger partial charge in [-0.25, -0.2) is 17.8 Å². The van der Waals surface area contributed by atoms with Crippen molar-refractivity contribution in [2.75, 3.05) is 12.8 Å². The number of nitrogens with one attached hydrogen (secondary N) is 1. The maximum Gasteiger partial charge on any atom is 0.387 e. The quantitative estimate of drug-likeness (QED) is 0.448. The molecule has 1 atom stereocenters. The largest absolute Gasteiger partial charge is 0.434 e. The van der Waals surface area contributed by atoms with Gasteiger partial charge >= 0.3 is 6.61 Å². The van der Waals surface area contributed by atoms with Crippen molar-refractivity contribution in [3.05, 3.63) is 77.9 Å². The number of nitrogens with zero attached hydrogens (tertiary/aromatic N) is 2. The highest BCUT2D eigenvalue weighted by atomic mass is 32.2. The molecule has 1 aromatic heterocycles. The van der Waals surface area contributed by atoms with E-state index in [-0.39, 0.29) is 16.2 Å². The highest BCUT2D eigenvalue weighted by molar-refractivity contribution is 7.90. The summed E-state index contributed by atoms with van der Waals surface area (Å²) >= 11 is 0. The van der Waals surface area contributed by atoms with E-state index in [4.69, 9.17) is 4.74 Å². The average molecular weight is 488 g/mol. The zero-order valence-corrected chi connectivity index (χ0v) is 18.8. The lowest BCUT2D eigenvalue weighted by molar-refractivity contribution is -0.0507. The molecule has 5 rings (SSSR count). The van der Waals surface area contributed by atoms with Crippen LogP contribution in [-0.4, -0.2) is 37.4 Å². The molecule has 0 aliphatic carbocycles. The number of hydrogen-bond donors (Lipinski definition) is 1. The highest BCUT2D eigenvalue weighted by Crippen LogP contribution is 2.36. The molecule has 1 aliphatic heterocycles. The third-order valence-corrected chi connectivity index (χ3v) is 6.96. The zero-order valence-electron chi connectivity index (χ0n) is 18.0. The number of halogens is 3. The predicted octanol–water partition coefficient (Wildman–Crippen LogP) is 4.54. The van der Waals surface area contributed by atoms with Gasteiger partial charge in [-0.2, -0.15) is 8.78 Å². The van der Waals surface area contributed by atoms with Crippen molar-refractivity contribution >= 4 is 20.9 Å². The fourth-order valence-corrected chi connectivity index (χ4v) is 5.04. The average Bonchev–Trinajstić information content (AvgIpc) is 3.15. The van der Waals surface area contributed by atoms with E-state index in [0.717, 1.165) is 6.26 Å². The first-order valence-corrected chi connectivity index (χ1v) is 12.4. The Bertz CT molecular complexity index is 1500. The van der Waals surface area contributed by atoms with Crippen molar-refractivity contribution in [2.24, 2.45) is 0 Å². The zero-order chi connectivity index (χ0) is 24.0. The molecular weight excluding hydrogens is 467 g/mol. The van der Waals surface area contributed by atoms with Gasteiger partial charge in [0, 0.05) is 30.0 Å². The van der Waals surface area contributed by atoms with E-state index in [1.807, 2.05) is 4.57 Å². The van der Waals surface area contributed by atoms with Crippen molar-refractivity contribution < 1.29 is 26.3 Å². The fraction of sp³-hybridized carbons (Fsp3) is 0.208. The van der Waals surface area contributed by atoms with Crippen LogP contribution in [0.15, 0.2) is 65.6 Å². The number of rotatable bonds is 5. The second-order valence-corrected chi connectivity index (χ2v) is 10.1. The molecule has 3 aromatic carbocycles. The van der Waals surface area contributed by atoms with Crippen LogP contribution in [0.5, 0.6) is 5.75 Å². The van der Waals surface area contributed by atoms with Crippen molar-refractivity contribution in [2.45, 2.75) is 24.1 Å². The van der Waals surface area contributed by atoms with Crippen LogP contribution in [0.4, 0.5) is 13.2 Å². The number of aromatic nitrogens is 2. The fourth-order valence-electron chi connectivity index (χ4n) is 4.37. The number of fused-ring (bicyclic) bond motifs is 3. The van der Waals surface area contributed by atoms with E-state index in [9.17, 15) is 17.2 Å². The molecule has 0 spiro atoms. The van der Waals surface area contributed by atoms with Crippen LogP contribution in [0.2, 0.25) is 0 Å². The molecule has 0 fully saturated rings. The first kappa shape index (κ1) is 22.4. The van der Waals surface area contributed by atoms with E-state index < -0.39 is 28.3 Å². The standard InChI is InChI=1S/C24H20F3N3O3S/c1-34(31,32)15-6-4-5-14(9-15)17-10-20-19(11-18(17)25)29-23-13-28-12-21(30(20)23)16-7-2-3-8-22(16)33-24(26)27/h2-11,21,24,28H,12-13H2,1H3/t21-/m0/s1. The van der Waals surface area contributed by atoms with E-state index >= 15 is 4.39 Å². The van der Waals surface area contributed by atoms with Gasteiger partial charge in [0.2, 0.25) is 0 Å². The maximum absolute atomic E-state index is 15.1. The normalized spacial score (nSPS) is 16.1. The number of imidazole rings is 1. The van der Waals surface area contributed by atoms with Crippen molar-refractivity contribution in [1.82, 2.24) is 14.9 Å². The van der Waals surface area contributed by atoms with Crippen LogP contribution in [-0.2, 0) is 16.4 Å². The van der Waals surface area contributed by atoms with Crippen LogP contribution >= 0.6 is 0 Å². The lowest BCUT2D eigenvalue weighted by Crippen LogP contribution is -2.34. The summed E-state index contributed by atoms with van der Waals surface area (Å²) in [5, 5.41) is 3.23. The molecule has 176 valence electrons. The molecule has 0 bridgehead atoms. The third kappa shape index (κ3) is 4.03. The van der Waals surface area contributed by atoms with Crippen LogP contribution in [0.1, 0.15) is 17.4 Å². The van der Waals surface area contributed by atoms with E-state index in [2.05, 4.69) is 10.3 Å². The minimum Gasteiger partial charge on any atom is -0.434 e. The van der Waals surface area contributed by atoms with Crippen LogP contribution in [0, 0.1) is 5.82 Å². The Morgan fingerprint density at radius 1 is 1.12 bits per heavy atom. The molecular formula is C24H20F3N3O3S. The molecule has 0 radical (unpaired) electrons. The predicted molar refractivity (Wildman–Crippen MR) is 121 cm³/mol. The van der Waals surface area contributed by atoms with Gasteiger partial charge in [0.05, 0.1) is 28.5 Å². The molecule has 2 heterocycles. The molecule has 1 aliphatic rings. The summed E-state index contributed by atoms with van der Waals surface area (Å²) in [6, 6.07) is 15.1. The van der Waals surface area contributed by atoms with Crippen LogP contribution in [0.25, 0.3) is 22.2 Å². The van der Waals surface area contributed by atoms with Gasteiger partial charge in [-0.05, 0) is 29.8 Å². The topological polar surface area (TPSA) is 73.2 Å². The molecule has 0 saturated carbocycles. The Morgan fingerprint density at radius 2 is 1.91 bits per heavy atom. The van der Waals surface area contributed by atoms with E-state index in [0.29, 0.717) is 41.1 Å². The molecule has 1 N–H and O–H groups in total. The summed E-state index contributed by atoms with van der Waals surface area (Å²) in [5.41, 5.74) is 2.19. The van der Waals surface area contributed by atoms with Gasteiger partial charge in [-0.15, -0.1) is 0 Å². The van der Waals surface area contributed by atoms with Crippen molar-refractivity contribution in [1.29, 1.82) is 0 Å². The highest BCUT2D eigenvalue weighted by Gasteiger charge is 2.28. The Labute approximate surface area is 193 Å². The molecule has 4 aromatic rings. The van der Waals surface area contributed by atoms with Gasteiger partial charge in [0.1, 0.15) is 17.4 Å². The molecule has 0 amide bonds. The Balaban J connectivity index is 1.69. The summed E-state index contributed by atoms with van der Waals surface area (Å²) in [6.45, 7) is -2.12. The molecule has 6 nitrogen and oxygen atoms in total. The van der Waals surface area contributed by atoms with Gasteiger partial charge in [-0.3, -0.25) is 0 Å². The number of sulfone groups is 1. The lowest BCUT2D eigenvalue weighted by atomic mass is 10.0. The Kier molecular flexibility index (Phi) is 5.57. The second kappa shape index (κ2) is 8.44. The maximum atomic E-state index is 15.1. The lowest BCUT2D eigenvalue weighted by Gasteiger charge is -2.28. The summed E-state index contributed by atoms with van der Waals surface area (Å²) < 4.78 is 71.8. The van der Waals surface area contributed by atoms with Crippen LogP contribution < -0.4 is 10.1 Å². The SMILES string of the molecule is CS(=O)(=O)c1cccc(-c2cc3c(cc2F)nc2n3[C@H](c3ccccc3OC(F)F)CNC2)c1. The first-order valence-electron chi connectivity index (χ1n) is 10.5. The first-order chi connectivity index (χ1) is 16.2. The summed E-state index contributed by atoms with van der Waals surface area (Å²) in [7, 11) is -3.48. The van der Waals surface area contributed by atoms with Crippen molar-refractivity contribution in [3.63, 3.8) is 0 Å². The summed E-state index contributed by atoms with van der Waals surface area (Å²) in [4.78, 5) is 4.63. The summed E-state index contributed by atoms with van der Waals surface area (Å²) in [5.74, 6) is 0.140. The van der Waals surface area contributed by atoms with Gasteiger partial charge in [0.25, 0.3) is 0 Å². The molecule has 0 unspecified atom stereocenters. The minimum atomic E-state index is -3.48. The van der Waals surface area contributed by atoms with E-state index in [1.54, 1.807) is 36.4 Å². The van der Waals surface area contributed by atoms with Crippen molar-refractivity contribution in [3.8, 4) is 16.9 Å². The Morgan fingerprint density at radius 3 is 2.68 bits per heavy atom. The smallest absolute Gasteiger partial charge is 0.387 e. The van der Waals surface area contributed by atoms with Gasteiger partial charge < -0.3 is 14.6 Å². The van der Waals surface area contributed by atoms with Gasteiger partial charge in [-0.1, -0.05) is 30.3 Å². The molecule has 34 heavy (non-hydrogen) atoms. The second-order valence-electron chi connectivity index (χ2n) is 8.08. The van der Waals surface area contributed by atoms with Gasteiger partial charge in [0.15, 0.2) is 9.84 Å². The molecule has 0 saturated heterocycles. The number of para-hydroxylation sites is 1. The minimum absolute atomic E-state index is 0.0576. The monoisotopic (exact) mass is 487 g/mol. The number of hydrogen-bond acceptors (Lipinski definition) is 5. The molecule has 10 heteroatoms. The number of alkyl halides is 2. The number of ether oxygens (including phenoxy) is 1. The number of benzene rings is 3.